The van der Waals surface area contributed by atoms with Gasteiger partial charge in [-0.3, -0.25) is 9.59 Å². The SMILES string of the molecule is CCC(=O)NC1CCN(C(=O)c2cc(O)c(O)c(O)c2)CC1. The van der Waals surface area contributed by atoms with E-state index in [0.29, 0.717) is 32.4 Å². The minimum Gasteiger partial charge on any atom is -0.504 e. The zero-order valence-corrected chi connectivity index (χ0v) is 12.4. The van der Waals surface area contributed by atoms with Gasteiger partial charge in [0, 0.05) is 31.1 Å². The summed E-state index contributed by atoms with van der Waals surface area (Å²) in [7, 11) is 0. The average molecular weight is 308 g/mol. The van der Waals surface area contributed by atoms with Crippen molar-refractivity contribution < 1.29 is 24.9 Å². The molecule has 0 radical (unpaired) electrons. The Morgan fingerprint density at radius 2 is 1.73 bits per heavy atom. The Labute approximate surface area is 128 Å². The fourth-order valence-electron chi connectivity index (χ4n) is 2.47. The minimum absolute atomic E-state index is 0.00171. The average Bonchev–Trinajstić information content (AvgIpc) is 2.52. The van der Waals surface area contributed by atoms with Crippen LogP contribution in [0.2, 0.25) is 0 Å². The smallest absolute Gasteiger partial charge is 0.254 e. The molecule has 1 aromatic carbocycles. The van der Waals surface area contributed by atoms with Gasteiger partial charge in [-0.25, -0.2) is 0 Å². The summed E-state index contributed by atoms with van der Waals surface area (Å²) in [6.07, 6.45) is 1.76. The lowest BCUT2D eigenvalue weighted by molar-refractivity contribution is -0.121. The molecule has 1 aliphatic rings. The number of phenols is 3. The normalized spacial score (nSPS) is 15.6. The lowest BCUT2D eigenvalue weighted by Gasteiger charge is -2.32. The summed E-state index contributed by atoms with van der Waals surface area (Å²) in [6, 6.07) is 2.32. The molecule has 0 bridgehead atoms. The Balaban J connectivity index is 1.99. The van der Waals surface area contributed by atoms with Crippen LogP contribution >= 0.6 is 0 Å². The molecule has 0 unspecified atom stereocenters. The zero-order chi connectivity index (χ0) is 16.3. The number of carbonyl (C=O) groups is 2. The molecule has 0 spiro atoms. The third kappa shape index (κ3) is 3.41. The van der Waals surface area contributed by atoms with Gasteiger partial charge in [-0.1, -0.05) is 6.92 Å². The third-order valence-electron chi connectivity index (χ3n) is 3.79. The van der Waals surface area contributed by atoms with Gasteiger partial charge in [-0.15, -0.1) is 0 Å². The van der Waals surface area contributed by atoms with Crippen LogP contribution in [-0.4, -0.2) is 51.2 Å². The second kappa shape index (κ2) is 6.55. The van der Waals surface area contributed by atoms with E-state index in [2.05, 4.69) is 5.32 Å². The fraction of sp³-hybridized carbons (Fsp3) is 0.467. The van der Waals surface area contributed by atoms with Crippen molar-refractivity contribution in [2.24, 2.45) is 0 Å². The Bertz CT molecular complexity index is 556. The van der Waals surface area contributed by atoms with Gasteiger partial charge in [0.25, 0.3) is 5.91 Å². The molecule has 1 fully saturated rings. The first-order chi connectivity index (χ1) is 10.4. The summed E-state index contributed by atoms with van der Waals surface area (Å²) in [5.74, 6) is -2.04. The standard InChI is InChI=1S/C15H20N2O5/c1-2-13(20)16-10-3-5-17(6-4-10)15(22)9-7-11(18)14(21)12(19)8-9/h7-8,10,18-19,21H,2-6H2,1H3,(H,16,20). The molecule has 1 aliphatic heterocycles. The van der Waals surface area contributed by atoms with Crippen molar-refractivity contribution in [3.8, 4) is 17.2 Å². The van der Waals surface area contributed by atoms with Gasteiger partial charge in [0.15, 0.2) is 17.2 Å². The predicted molar refractivity (Wildman–Crippen MR) is 78.8 cm³/mol. The summed E-state index contributed by atoms with van der Waals surface area (Å²) in [6.45, 7) is 2.75. The minimum atomic E-state index is -0.641. The van der Waals surface area contributed by atoms with Crippen LogP contribution in [0.1, 0.15) is 36.5 Å². The number of likely N-dealkylation sites (tertiary alicyclic amines) is 1. The maximum Gasteiger partial charge on any atom is 0.254 e. The van der Waals surface area contributed by atoms with Crippen molar-refractivity contribution in [2.45, 2.75) is 32.2 Å². The van der Waals surface area contributed by atoms with Gasteiger partial charge in [0.1, 0.15) is 0 Å². The van der Waals surface area contributed by atoms with Crippen LogP contribution in [0.25, 0.3) is 0 Å². The lowest BCUT2D eigenvalue weighted by atomic mass is 10.0. The summed E-state index contributed by atoms with van der Waals surface area (Å²) >= 11 is 0. The first-order valence-corrected chi connectivity index (χ1v) is 7.26. The molecule has 1 heterocycles. The summed E-state index contributed by atoms with van der Waals surface area (Å²) in [5.41, 5.74) is 0.115. The van der Waals surface area contributed by atoms with Gasteiger partial charge in [-0.2, -0.15) is 0 Å². The number of rotatable bonds is 3. The van der Waals surface area contributed by atoms with Gasteiger partial charge < -0.3 is 25.5 Å². The highest BCUT2D eigenvalue weighted by Crippen LogP contribution is 2.35. The molecule has 0 aromatic heterocycles. The zero-order valence-electron chi connectivity index (χ0n) is 12.4. The van der Waals surface area contributed by atoms with Crippen LogP contribution in [0.3, 0.4) is 0 Å². The van der Waals surface area contributed by atoms with Crippen LogP contribution in [0, 0.1) is 0 Å². The highest BCUT2D eigenvalue weighted by atomic mass is 16.3. The molecular formula is C15H20N2O5. The molecule has 2 amide bonds. The monoisotopic (exact) mass is 308 g/mol. The second-order valence-corrected chi connectivity index (χ2v) is 5.35. The van der Waals surface area contributed by atoms with E-state index in [1.54, 1.807) is 11.8 Å². The number of carbonyl (C=O) groups excluding carboxylic acids is 2. The van der Waals surface area contributed by atoms with E-state index < -0.39 is 17.2 Å². The van der Waals surface area contributed by atoms with Gasteiger partial charge in [-0.05, 0) is 25.0 Å². The Morgan fingerprint density at radius 1 is 1.18 bits per heavy atom. The Kier molecular flexibility index (Phi) is 4.75. The van der Waals surface area contributed by atoms with Crippen molar-refractivity contribution >= 4 is 11.8 Å². The fourth-order valence-corrected chi connectivity index (χ4v) is 2.47. The molecule has 120 valence electrons. The number of nitrogens with zero attached hydrogens (tertiary/aromatic N) is 1. The Hall–Kier alpha value is -2.44. The van der Waals surface area contributed by atoms with Crippen LogP contribution in [0.4, 0.5) is 0 Å². The van der Waals surface area contributed by atoms with Crippen LogP contribution < -0.4 is 5.32 Å². The maximum absolute atomic E-state index is 12.3. The molecule has 7 heteroatoms. The van der Waals surface area contributed by atoms with E-state index >= 15 is 0 Å². The van der Waals surface area contributed by atoms with Gasteiger partial charge in [0.2, 0.25) is 5.91 Å². The number of nitrogens with one attached hydrogen (secondary N) is 1. The van der Waals surface area contributed by atoms with E-state index in [9.17, 15) is 24.9 Å². The number of piperidine rings is 1. The van der Waals surface area contributed by atoms with Gasteiger partial charge in [0.05, 0.1) is 0 Å². The molecule has 2 rings (SSSR count). The third-order valence-corrected chi connectivity index (χ3v) is 3.79. The summed E-state index contributed by atoms with van der Waals surface area (Å²) in [4.78, 5) is 25.3. The van der Waals surface area contributed by atoms with Crippen molar-refractivity contribution in [2.75, 3.05) is 13.1 Å². The molecule has 0 saturated carbocycles. The Morgan fingerprint density at radius 3 is 2.23 bits per heavy atom. The quantitative estimate of drug-likeness (QED) is 0.621. The van der Waals surface area contributed by atoms with E-state index in [1.807, 2.05) is 0 Å². The summed E-state index contributed by atoms with van der Waals surface area (Å²) in [5, 5.41) is 31.1. The molecule has 0 aliphatic carbocycles. The topological polar surface area (TPSA) is 110 Å². The van der Waals surface area contributed by atoms with E-state index in [1.165, 1.54) is 0 Å². The first kappa shape index (κ1) is 15.9. The lowest BCUT2D eigenvalue weighted by Crippen LogP contribution is -2.46. The highest BCUT2D eigenvalue weighted by Gasteiger charge is 2.25. The number of benzene rings is 1. The van der Waals surface area contributed by atoms with Crippen molar-refractivity contribution in [3.05, 3.63) is 17.7 Å². The van der Waals surface area contributed by atoms with E-state index in [0.717, 1.165) is 12.1 Å². The van der Waals surface area contributed by atoms with Crippen molar-refractivity contribution in [3.63, 3.8) is 0 Å². The van der Waals surface area contributed by atoms with E-state index in [-0.39, 0.29) is 23.4 Å². The molecule has 22 heavy (non-hydrogen) atoms. The van der Waals surface area contributed by atoms with E-state index in [4.69, 9.17) is 0 Å². The first-order valence-electron chi connectivity index (χ1n) is 7.26. The largest absolute Gasteiger partial charge is 0.504 e. The summed E-state index contributed by atoms with van der Waals surface area (Å²) < 4.78 is 0. The molecule has 0 atom stereocenters. The van der Waals surface area contributed by atoms with Crippen molar-refractivity contribution in [1.29, 1.82) is 0 Å². The molecule has 1 saturated heterocycles. The number of phenolic OH excluding ortho intramolecular Hbond substituents is 3. The maximum atomic E-state index is 12.3. The molecular weight excluding hydrogens is 288 g/mol. The van der Waals surface area contributed by atoms with Crippen LogP contribution in [0.15, 0.2) is 12.1 Å². The number of amides is 2. The van der Waals surface area contributed by atoms with Gasteiger partial charge >= 0.3 is 0 Å². The highest BCUT2D eigenvalue weighted by molar-refractivity contribution is 5.95. The van der Waals surface area contributed by atoms with Crippen molar-refractivity contribution in [1.82, 2.24) is 10.2 Å². The number of aromatic hydroxyl groups is 3. The van der Waals surface area contributed by atoms with Crippen LogP contribution in [0.5, 0.6) is 17.2 Å². The molecule has 7 nitrogen and oxygen atoms in total. The van der Waals surface area contributed by atoms with Crippen LogP contribution in [-0.2, 0) is 4.79 Å². The number of hydrogen-bond donors (Lipinski definition) is 4. The second-order valence-electron chi connectivity index (χ2n) is 5.35. The molecule has 1 aromatic rings. The number of hydrogen-bond acceptors (Lipinski definition) is 5. The predicted octanol–water partition coefficient (Wildman–Crippen LogP) is 0.934. The molecule has 4 N–H and O–H groups in total.